The van der Waals surface area contributed by atoms with Crippen LogP contribution in [-0.2, 0) is 19.7 Å². The van der Waals surface area contributed by atoms with Crippen LogP contribution < -0.4 is 9.86 Å². The quantitative estimate of drug-likeness (QED) is 0.466. The van der Waals surface area contributed by atoms with Crippen molar-refractivity contribution >= 4 is 16.2 Å². The maximum Gasteiger partial charge on any atom is 0.324 e. The topological polar surface area (TPSA) is 119 Å². The molecule has 0 aromatic rings. The molecule has 0 aliphatic rings. The molecule has 0 saturated carbocycles. The number of nitrogens with two attached hydrogens (primary N) is 1. The molecular weight excluding hydrogens is 188 g/mol. The summed E-state index contributed by atoms with van der Waals surface area (Å²) in [5.41, 5.74) is 0. The van der Waals surface area contributed by atoms with Gasteiger partial charge in [0.2, 0.25) is 0 Å². The predicted octanol–water partition coefficient (Wildman–Crippen LogP) is -2.12. The van der Waals surface area contributed by atoms with Crippen LogP contribution in [0.1, 0.15) is 0 Å². The number of methoxy groups -OCH3 is 1. The molecule has 12 heavy (non-hydrogen) atoms. The van der Waals surface area contributed by atoms with Crippen molar-refractivity contribution in [1.82, 2.24) is 4.72 Å². The van der Waals surface area contributed by atoms with Gasteiger partial charge in [-0.05, 0) is 0 Å². The summed E-state index contributed by atoms with van der Waals surface area (Å²) >= 11 is 0. The molecule has 0 heterocycles. The minimum Gasteiger partial charge on any atom is -0.480 e. The van der Waals surface area contributed by atoms with E-state index in [1.807, 2.05) is 0 Å². The zero-order valence-electron chi connectivity index (χ0n) is 6.35. The number of hydrogen-bond donors (Lipinski definition) is 3. The number of rotatable bonds is 5. The van der Waals surface area contributed by atoms with E-state index in [-0.39, 0.29) is 6.61 Å². The Morgan fingerprint density at radius 3 is 2.50 bits per heavy atom. The van der Waals surface area contributed by atoms with Gasteiger partial charge in [-0.1, -0.05) is 0 Å². The van der Waals surface area contributed by atoms with Gasteiger partial charge < -0.3 is 9.84 Å². The summed E-state index contributed by atoms with van der Waals surface area (Å²) in [6.45, 7) is -0.272. The molecule has 0 rings (SSSR count). The molecule has 72 valence electrons. The van der Waals surface area contributed by atoms with Gasteiger partial charge in [0.25, 0.3) is 10.2 Å². The van der Waals surface area contributed by atoms with Crippen molar-refractivity contribution in [3.05, 3.63) is 0 Å². The molecule has 0 fully saturated rings. The van der Waals surface area contributed by atoms with Gasteiger partial charge in [0, 0.05) is 7.11 Å². The summed E-state index contributed by atoms with van der Waals surface area (Å²) in [6.07, 6.45) is 0. The highest BCUT2D eigenvalue weighted by Gasteiger charge is 2.20. The number of carboxylic acids is 1. The zero-order chi connectivity index (χ0) is 9.78. The van der Waals surface area contributed by atoms with Crippen LogP contribution in [0.5, 0.6) is 0 Å². The Morgan fingerprint density at radius 2 is 2.25 bits per heavy atom. The largest absolute Gasteiger partial charge is 0.480 e. The Hall–Kier alpha value is -0.700. The van der Waals surface area contributed by atoms with Crippen LogP contribution >= 0.6 is 0 Å². The molecule has 0 aliphatic heterocycles. The molecule has 4 N–H and O–H groups in total. The molecule has 0 amide bonds. The Labute approximate surface area is 69.7 Å². The fourth-order valence-electron chi connectivity index (χ4n) is 0.521. The summed E-state index contributed by atoms with van der Waals surface area (Å²) in [5.74, 6) is -1.34. The van der Waals surface area contributed by atoms with Gasteiger partial charge in [-0.25, -0.2) is 5.14 Å². The molecule has 0 spiro atoms. The number of ether oxygens (including phenoxy) is 1. The molecule has 0 saturated heterocycles. The predicted molar refractivity (Wildman–Crippen MR) is 39.5 cm³/mol. The first-order valence-corrected chi connectivity index (χ1v) is 4.43. The molecule has 0 radical (unpaired) electrons. The highest BCUT2D eigenvalue weighted by atomic mass is 32.2. The van der Waals surface area contributed by atoms with E-state index >= 15 is 0 Å². The van der Waals surface area contributed by atoms with Crippen LogP contribution in [-0.4, -0.2) is 39.3 Å². The van der Waals surface area contributed by atoms with Crippen LogP contribution in [0.25, 0.3) is 0 Å². The van der Waals surface area contributed by atoms with Crippen LogP contribution in [0.15, 0.2) is 0 Å². The molecule has 0 aromatic carbocycles. The molecular formula is C4H10N2O5S. The highest BCUT2D eigenvalue weighted by molar-refractivity contribution is 7.87. The first-order valence-electron chi connectivity index (χ1n) is 2.88. The van der Waals surface area contributed by atoms with Gasteiger partial charge in [0.15, 0.2) is 0 Å². The van der Waals surface area contributed by atoms with Crippen molar-refractivity contribution in [2.75, 3.05) is 13.7 Å². The lowest BCUT2D eigenvalue weighted by molar-refractivity contribution is -0.140. The maximum absolute atomic E-state index is 10.4. The lowest BCUT2D eigenvalue weighted by Crippen LogP contribution is -2.46. The lowest BCUT2D eigenvalue weighted by atomic mass is 10.3. The minimum absolute atomic E-state index is 0.272. The summed E-state index contributed by atoms with van der Waals surface area (Å²) in [5, 5.41) is 13.0. The van der Waals surface area contributed by atoms with E-state index in [1.165, 1.54) is 7.11 Å². The van der Waals surface area contributed by atoms with Crippen LogP contribution in [0.4, 0.5) is 0 Å². The monoisotopic (exact) mass is 198 g/mol. The van der Waals surface area contributed by atoms with E-state index in [0.717, 1.165) is 0 Å². The number of nitrogens with one attached hydrogen (secondary N) is 1. The highest BCUT2D eigenvalue weighted by Crippen LogP contribution is 1.86. The van der Waals surface area contributed by atoms with E-state index in [1.54, 1.807) is 4.72 Å². The molecule has 1 unspecified atom stereocenters. The van der Waals surface area contributed by atoms with Crippen molar-refractivity contribution in [1.29, 1.82) is 0 Å². The van der Waals surface area contributed by atoms with E-state index < -0.39 is 22.2 Å². The smallest absolute Gasteiger partial charge is 0.324 e. The molecule has 0 aliphatic carbocycles. The Balaban J connectivity index is 4.24. The first-order chi connectivity index (χ1) is 5.37. The second kappa shape index (κ2) is 4.36. The molecule has 7 nitrogen and oxygen atoms in total. The van der Waals surface area contributed by atoms with Gasteiger partial charge in [-0.3, -0.25) is 4.79 Å². The van der Waals surface area contributed by atoms with E-state index in [0.29, 0.717) is 0 Å². The summed E-state index contributed by atoms with van der Waals surface area (Å²) in [4.78, 5) is 10.3. The van der Waals surface area contributed by atoms with Gasteiger partial charge in [0.05, 0.1) is 6.61 Å². The standard InChI is InChI=1S/C4H10N2O5S/c1-11-2-3(4(7)8)6-12(5,9)10/h3,6H,2H2,1H3,(H,7,8)(H2,5,9,10). The first kappa shape index (κ1) is 11.3. The third kappa shape index (κ3) is 5.02. The van der Waals surface area contributed by atoms with Gasteiger partial charge in [-0.2, -0.15) is 13.1 Å². The van der Waals surface area contributed by atoms with Crippen molar-refractivity contribution in [2.45, 2.75) is 6.04 Å². The average molecular weight is 198 g/mol. The van der Waals surface area contributed by atoms with E-state index in [4.69, 9.17) is 5.11 Å². The molecule has 8 heteroatoms. The third-order valence-corrected chi connectivity index (χ3v) is 1.55. The zero-order valence-corrected chi connectivity index (χ0v) is 7.17. The van der Waals surface area contributed by atoms with E-state index in [9.17, 15) is 13.2 Å². The van der Waals surface area contributed by atoms with E-state index in [2.05, 4.69) is 9.88 Å². The normalized spacial score (nSPS) is 14.2. The fraction of sp³-hybridized carbons (Fsp3) is 0.750. The summed E-state index contributed by atoms with van der Waals surface area (Å²) in [7, 11) is -2.75. The number of carbonyl (C=O) groups is 1. The van der Waals surface area contributed by atoms with Gasteiger partial charge in [0.1, 0.15) is 6.04 Å². The number of carboxylic acid groups (broad SMARTS) is 1. The average Bonchev–Trinajstić information content (AvgIpc) is 1.83. The van der Waals surface area contributed by atoms with Crippen molar-refractivity contribution in [2.24, 2.45) is 5.14 Å². The lowest BCUT2D eigenvalue weighted by Gasteiger charge is -2.10. The summed E-state index contributed by atoms with van der Waals surface area (Å²) in [6, 6.07) is -1.34. The van der Waals surface area contributed by atoms with Crippen molar-refractivity contribution in [3.63, 3.8) is 0 Å². The Bertz CT molecular complexity index is 248. The second-order valence-electron chi connectivity index (χ2n) is 2.01. The Morgan fingerprint density at radius 1 is 1.75 bits per heavy atom. The SMILES string of the molecule is COCC(NS(N)(=O)=O)C(=O)O. The van der Waals surface area contributed by atoms with Crippen LogP contribution in [0, 0.1) is 0 Å². The molecule has 1 atom stereocenters. The fourth-order valence-corrected chi connectivity index (χ4v) is 1.09. The number of aliphatic carboxylic acids is 1. The molecule has 0 bridgehead atoms. The second-order valence-corrected chi connectivity index (χ2v) is 3.33. The van der Waals surface area contributed by atoms with Crippen molar-refractivity contribution in [3.8, 4) is 0 Å². The van der Waals surface area contributed by atoms with Crippen LogP contribution in [0.2, 0.25) is 0 Å². The molecule has 0 aromatic heterocycles. The van der Waals surface area contributed by atoms with Crippen molar-refractivity contribution < 1.29 is 23.1 Å². The third-order valence-electron chi connectivity index (χ3n) is 0.938. The van der Waals surface area contributed by atoms with Crippen LogP contribution in [0.3, 0.4) is 0 Å². The minimum atomic E-state index is -4.00. The summed E-state index contributed by atoms with van der Waals surface area (Å²) < 4.78 is 26.9. The Kier molecular flexibility index (Phi) is 4.10. The maximum atomic E-state index is 10.4. The van der Waals surface area contributed by atoms with Gasteiger partial charge >= 0.3 is 5.97 Å². The number of hydrogen-bond acceptors (Lipinski definition) is 4. The van der Waals surface area contributed by atoms with Gasteiger partial charge in [-0.15, -0.1) is 0 Å².